The van der Waals surface area contributed by atoms with Gasteiger partial charge in [0.05, 0.1) is 0 Å². The monoisotopic (exact) mass is 174 g/mol. The third kappa shape index (κ3) is 1.37. The number of rotatable bonds is 1. The molecule has 1 unspecified atom stereocenters. The summed E-state index contributed by atoms with van der Waals surface area (Å²) in [6.07, 6.45) is 0. The van der Waals surface area contributed by atoms with E-state index in [4.69, 9.17) is 14.5 Å². The molecular weight excluding hydrogens is 156 g/mol. The first kappa shape index (κ1) is 9.96. The fourth-order valence-corrected chi connectivity index (χ4v) is 1.72. The van der Waals surface area contributed by atoms with Crippen LogP contribution in [0.1, 0.15) is 34.6 Å². The molecule has 72 valence electrons. The zero-order valence-corrected chi connectivity index (χ0v) is 8.51. The molecule has 0 amide bonds. The van der Waals surface area contributed by atoms with Gasteiger partial charge in [-0.25, -0.2) is 4.89 Å². The lowest BCUT2D eigenvalue weighted by Gasteiger charge is -2.40. The van der Waals surface area contributed by atoms with E-state index >= 15 is 0 Å². The van der Waals surface area contributed by atoms with Crippen molar-refractivity contribution >= 4 is 0 Å². The third-order valence-corrected chi connectivity index (χ3v) is 2.31. The molecule has 3 heteroatoms. The molecule has 1 rings (SSSR count). The van der Waals surface area contributed by atoms with Crippen LogP contribution in [0.3, 0.4) is 0 Å². The molecule has 0 aromatic heterocycles. The van der Waals surface area contributed by atoms with Crippen LogP contribution in [0.2, 0.25) is 0 Å². The van der Waals surface area contributed by atoms with Crippen molar-refractivity contribution in [3.8, 4) is 0 Å². The van der Waals surface area contributed by atoms with E-state index in [2.05, 4.69) is 34.6 Å². The highest BCUT2D eigenvalue weighted by Gasteiger charge is 2.51. The van der Waals surface area contributed by atoms with Crippen LogP contribution >= 0.6 is 0 Å². The van der Waals surface area contributed by atoms with Gasteiger partial charge in [0.15, 0.2) is 6.79 Å². The Kier molecular flexibility index (Phi) is 2.47. The summed E-state index contributed by atoms with van der Waals surface area (Å²) in [7, 11) is 0. The van der Waals surface area contributed by atoms with Gasteiger partial charge < -0.3 is 4.74 Å². The Labute approximate surface area is 73.9 Å². The average Bonchev–Trinajstić information content (AvgIpc) is 2.31. The molecule has 0 spiro atoms. The highest BCUT2D eigenvalue weighted by molar-refractivity contribution is 4.86. The summed E-state index contributed by atoms with van der Waals surface area (Å²) in [6, 6.07) is 0. The molecule has 0 saturated carbocycles. The molecule has 0 bridgehead atoms. The topological polar surface area (TPSA) is 27.7 Å². The average molecular weight is 174 g/mol. The molecule has 1 aliphatic heterocycles. The van der Waals surface area contributed by atoms with Crippen LogP contribution in [-0.2, 0) is 14.5 Å². The summed E-state index contributed by atoms with van der Waals surface area (Å²) in [5, 5.41) is 0. The van der Waals surface area contributed by atoms with Crippen molar-refractivity contribution in [1.29, 1.82) is 0 Å². The predicted octanol–water partition coefficient (Wildman–Crippen LogP) is 2.32. The van der Waals surface area contributed by atoms with Crippen molar-refractivity contribution in [3.05, 3.63) is 0 Å². The molecule has 1 atom stereocenters. The zero-order valence-electron chi connectivity index (χ0n) is 8.51. The van der Waals surface area contributed by atoms with Crippen LogP contribution in [0.5, 0.6) is 0 Å². The van der Waals surface area contributed by atoms with Gasteiger partial charge in [-0.2, -0.15) is 4.89 Å². The first-order valence-corrected chi connectivity index (χ1v) is 4.35. The molecule has 1 saturated heterocycles. The van der Waals surface area contributed by atoms with Crippen LogP contribution in [0.4, 0.5) is 0 Å². The first-order valence-electron chi connectivity index (χ1n) is 4.35. The standard InChI is InChI=1S/C9H18O3/c1-7(2)9(8(3,4)5)10-6-11-12-9/h7H,6H2,1-5H3. The second-order valence-corrected chi connectivity index (χ2v) is 4.54. The largest absolute Gasteiger partial charge is 0.317 e. The normalized spacial score (nSPS) is 31.5. The highest BCUT2D eigenvalue weighted by atomic mass is 17.3. The third-order valence-electron chi connectivity index (χ3n) is 2.31. The molecule has 0 aromatic rings. The molecule has 1 fully saturated rings. The van der Waals surface area contributed by atoms with Gasteiger partial charge >= 0.3 is 0 Å². The minimum atomic E-state index is -0.590. The molecule has 1 aliphatic rings. The van der Waals surface area contributed by atoms with Crippen LogP contribution in [0, 0.1) is 11.3 Å². The molecule has 3 nitrogen and oxygen atoms in total. The minimum Gasteiger partial charge on any atom is -0.317 e. The lowest BCUT2D eigenvalue weighted by Crippen LogP contribution is -2.48. The maximum absolute atomic E-state index is 5.52. The van der Waals surface area contributed by atoms with Gasteiger partial charge in [-0.05, 0) is 0 Å². The molecule has 12 heavy (non-hydrogen) atoms. The van der Waals surface area contributed by atoms with Crippen molar-refractivity contribution in [2.24, 2.45) is 11.3 Å². The van der Waals surface area contributed by atoms with Crippen LogP contribution in [0.15, 0.2) is 0 Å². The van der Waals surface area contributed by atoms with Gasteiger partial charge in [-0.3, -0.25) is 0 Å². The quantitative estimate of drug-likeness (QED) is 0.571. The summed E-state index contributed by atoms with van der Waals surface area (Å²) in [4.78, 5) is 10.1. The fourth-order valence-electron chi connectivity index (χ4n) is 1.72. The second kappa shape index (κ2) is 2.98. The fraction of sp³-hybridized carbons (Fsp3) is 1.00. The van der Waals surface area contributed by atoms with Crippen molar-refractivity contribution in [3.63, 3.8) is 0 Å². The Bertz CT molecular complexity index is 152. The number of hydrogen-bond donors (Lipinski definition) is 0. The summed E-state index contributed by atoms with van der Waals surface area (Å²) in [5.74, 6) is -0.312. The number of hydrogen-bond acceptors (Lipinski definition) is 3. The Balaban J connectivity index is 2.87. The summed E-state index contributed by atoms with van der Waals surface area (Å²) in [6.45, 7) is 10.6. The van der Waals surface area contributed by atoms with Gasteiger partial charge in [0.1, 0.15) is 0 Å². The van der Waals surface area contributed by atoms with E-state index < -0.39 is 5.79 Å². The molecule has 1 heterocycles. The van der Waals surface area contributed by atoms with E-state index in [1.807, 2.05) is 0 Å². The van der Waals surface area contributed by atoms with Crippen molar-refractivity contribution in [1.82, 2.24) is 0 Å². The smallest absolute Gasteiger partial charge is 0.211 e. The highest BCUT2D eigenvalue weighted by Crippen LogP contribution is 2.43. The minimum absolute atomic E-state index is 0.0718. The van der Waals surface area contributed by atoms with E-state index in [1.165, 1.54) is 0 Å². The van der Waals surface area contributed by atoms with Gasteiger partial charge in [-0.1, -0.05) is 34.6 Å². The van der Waals surface area contributed by atoms with Crippen LogP contribution in [0.25, 0.3) is 0 Å². The van der Waals surface area contributed by atoms with E-state index in [9.17, 15) is 0 Å². The van der Waals surface area contributed by atoms with Crippen molar-refractivity contribution in [2.75, 3.05) is 6.79 Å². The zero-order chi connectivity index (χ0) is 9.41. The molecule has 0 N–H and O–H groups in total. The maximum Gasteiger partial charge on any atom is 0.211 e. The van der Waals surface area contributed by atoms with Gasteiger partial charge in [0.2, 0.25) is 5.79 Å². The number of ether oxygens (including phenoxy) is 1. The van der Waals surface area contributed by atoms with E-state index in [0.717, 1.165) is 0 Å². The Morgan fingerprint density at radius 3 is 2.00 bits per heavy atom. The molecule has 0 aliphatic carbocycles. The van der Waals surface area contributed by atoms with Gasteiger partial charge in [0.25, 0.3) is 0 Å². The van der Waals surface area contributed by atoms with Crippen LogP contribution < -0.4 is 0 Å². The second-order valence-electron chi connectivity index (χ2n) is 4.54. The molecule has 0 aromatic carbocycles. The summed E-state index contributed by atoms with van der Waals surface area (Å²) in [5.41, 5.74) is -0.0718. The Hall–Kier alpha value is -0.120. The van der Waals surface area contributed by atoms with E-state index in [1.54, 1.807) is 0 Å². The Morgan fingerprint density at radius 2 is 1.83 bits per heavy atom. The maximum atomic E-state index is 5.52. The lowest BCUT2D eigenvalue weighted by atomic mass is 9.79. The predicted molar refractivity (Wildman–Crippen MR) is 45.1 cm³/mol. The van der Waals surface area contributed by atoms with Crippen molar-refractivity contribution in [2.45, 2.75) is 40.4 Å². The SMILES string of the molecule is CC(C)C1(C(C)(C)C)OCOO1. The Morgan fingerprint density at radius 1 is 1.25 bits per heavy atom. The molecule has 0 radical (unpaired) electrons. The lowest BCUT2D eigenvalue weighted by molar-refractivity contribution is -0.364. The van der Waals surface area contributed by atoms with Gasteiger partial charge in [0, 0.05) is 11.3 Å². The summed E-state index contributed by atoms with van der Waals surface area (Å²) >= 11 is 0. The summed E-state index contributed by atoms with van der Waals surface area (Å²) < 4.78 is 5.52. The first-order chi connectivity index (χ1) is 5.40. The van der Waals surface area contributed by atoms with E-state index in [-0.39, 0.29) is 18.1 Å². The molecular formula is C9H18O3. The van der Waals surface area contributed by atoms with Crippen molar-refractivity contribution < 1.29 is 14.5 Å². The van der Waals surface area contributed by atoms with Crippen LogP contribution in [-0.4, -0.2) is 12.6 Å². The van der Waals surface area contributed by atoms with E-state index in [0.29, 0.717) is 0 Å². The van der Waals surface area contributed by atoms with Gasteiger partial charge in [-0.15, -0.1) is 0 Å².